The van der Waals surface area contributed by atoms with Gasteiger partial charge in [0.05, 0.1) is 11.8 Å². The first-order valence-electron chi connectivity index (χ1n) is 10.5. The minimum Gasteiger partial charge on any atom is -0.359 e. The van der Waals surface area contributed by atoms with E-state index in [0.717, 1.165) is 19.3 Å². The average molecular weight is 390 g/mol. The zero-order valence-electron chi connectivity index (χ0n) is 16.5. The quantitative estimate of drug-likeness (QED) is 0.441. The van der Waals surface area contributed by atoms with Crippen LogP contribution in [-0.2, 0) is 9.59 Å². The normalized spacial score (nSPS) is 36.1. The Morgan fingerprint density at radius 3 is 2.48 bits per heavy atom. The van der Waals surface area contributed by atoms with Crippen LogP contribution in [0.2, 0.25) is 0 Å². The second kappa shape index (κ2) is 7.19. The molecule has 1 heterocycles. The van der Waals surface area contributed by atoms with E-state index in [2.05, 4.69) is 37.6 Å². The number of allylic oxidation sites excluding steroid dienone is 2. The summed E-state index contributed by atoms with van der Waals surface area (Å²) in [5.41, 5.74) is 4.22. The van der Waals surface area contributed by atoms with E-state index in [4.69, 9.17) is 12.2 Å². The second-order valence-electron chi connectivity index (χ2n) is 9.22. The van der Waals surface area contributed by atoms with Gasteiger partial charge in [0.2, 0.25) is 0 Å². The number of fused-ring (bicyclic) bond motifs is 1. The first-order chi connectivity index (χ1) is 12.9. The van der Waals surface area contributed by atoms with Gasteiger partial charge >= 0.3 is 0 Å². The standard InChI is InChI=1S/C21H31N3O2S/c1-11(2)14-10-15-12(3)9-16(14)18-17(15)19(25)24(20(18)26)23-21(27)22-13-7-5-4-6-8-13/h9,11,13-18H,4-8,10H2,1-3H3,(H2,22,23,27)/t14-,15+,16+,17-,18+/m1/s1. The van der Waals surface area contributed by atoms with E-state index in [1.165, 1.54) is 29.8 Å². The van der Waals surface area contributed by atoms with Gasteiger partial charge in [-0.2, -0.15) is 5.01 Å². The van der Waals surface area contributed by atoms with Gasteiger partial charge in [0.25, 0.3) is 11.8 Å². The minimum absolute atomic E-state index is 0.0950. The zero-order chi connectivity index (χ0) is 19.3. The molecule has 3 fully saturated rings. The van der Waals surface area contributed by atoms with Crippen LogP contribution < -0.4 is 10.7 Å². The molecule has 0 aromatic carbocycles. The lowest BCUT2D eigenvalue weighted by atomic mass is 9.54. The first-order valence-corrected chi connectivity index (χ1v) is 10.9. The summed E-state index contributed by atoms with van der Waals surface area (Å²) in [5.74, 6) is 0.721. The van der Waals surface area contributed by atoms with Crippen molar-refractivity contribution in [2.24, 2.45) is 35.5 Å². The Labute approximate surface area is 167 Å². The highest BCUT2D eigenvalue weighted by Gasteiger charge is 2.61. The van der Waals surface area contributed by atoms with Crippen LogP contribution in [0.4, 0.5) is 0 Å². The number of amides is 2. The van der Waals surface area contributed by atoms with Crippen molar-refractivity contribution in [3.05, 3.63) is 11.6 Å². The number of hydrogen-bond donors (Lipinski definition) is 2. The molecule has 4 aliphatic carbocycles. The molecule has 0 aromatic rings. The Morgan fingerprint density at radius 2 is 1.81 bits per heavy atom. The number of nitrogens with zero attached hydrogens (tertiary/aromatic N) is 1. The fourth-order valence-corrected chi connectivity index (χ4v) is 6.18. The number of nitrogens with one attached hydrogen (secondary N) is 2. The molecule has 1 saturated heterocycles. The van der Waals surface area contributed by atoms with E-state index in [9.17, 15) is 9.59 Å². The van der Waals surface area contributed by atoms with Crippen molar-refractivity contribution in [3.63, 3.8) is 0 Å². The van der Waals surface area contributed by atoms with Gasteiger partial charge in [0, 0.05) is 6.04 Å². The predicted molar refractivity (Wildman–Crippen MR) is 108 cm³/mol. The van der Waals surface area contributed by atoms with E-state index < -0.39 is 0 Å². The van der Waals surface area contributed by atoms with E-state index >= 15 is 0 Å². The molecule has 2 amide bonds. The molecule has 0 aromatic heterocycles. The molecule has 2 bridgehead atoms. The molecule has 1 aliphatic heterocycles. The summed E-state index contributed by atoms with van der Waals surface area (Å²) in [5, 5.41) is 4.93. The highest BCUT2D eigenvalue weighted by atomic mass is 32.1. The topological polar surface area (TPSA) is 61.4 Å². The fraction of sp³-hybridized carbons (Fsp3) is 0.762. The largest absolute Gasteiger partial charge is 0.359 e. The van der Waals surface area contributed by atoms with Crippen LogP contribution in [0.5, 0.6) is 0 Å². The molecular formula is C21H31N3O2S. The number of carbonyl (C=O) groups excluding carboxylic acids is 2. The Balaban J connectivity index is 1.49. The molecule has 2 N–H and O–H groups in total. The van der Waals surface area contributed by atoms with Gasteiger partial charge in [-0.3, -0.25) is 15.0 Å². The van der Waals surface area contributed by atoms with E-state index in [1.54, 1.807) is 0 Å². The maximum absolute atomic E-state index is 13.2. The summed E-state index contributed by atoms with van der Waals surface area (Å²) in [6, 6.07) is 0.347. The number of hydrazine groups is 1. The van der Waals surface area contributed by atoms with Gasteiger partial charge in [0.15, 0.2) is 5.11 Å². The van der Waals surface area contributed by atoms with Crippen molar-refractivity contribution >= 4 is 29.1 Å². The van der Waals surface area contributed by atoms with Gasteiger partial charge in [-0.05, 0) is 62.1 Å². The number of hydrogen-bond acceptors (Lipinski definition) is 3. The summed E-state index contributed by atoms with van der Waals surface area (Å²) in [4.78, 5) is 26.3. The van der Waals surface area contributed by atoms with Gasteiger partial charge in [-0.25, -0.2) is 0 Å². The third-order valence-electron chi connectivity index (χ3n) is 7.32. The Bertz CT molecular complexity index is 683. The van der Waals surface area contributed by atoms with Crippen LogP contribution in [0, 0.1) is 35.5 Å². The van der Waals surface area contributed by atoms with E-state index in [1.807, 2.05) is 0 Å². The lowest BCUT2D eigenvalue weighted by Gasteiger charge is -2.48. The smallest absolute Gasteiger partial charge is 0.252 e. The van der Waals surface area contributed by atoms with Crippen LogP contribution >= 0.6 is 12.2 Å². The number of thiocarbonyl (C=S) groups is 1. The van der Waals surface area contributed by atoms with Gasteiger partial charge in [-0.15, -0.1) is 0 Å². The molecule has 0 spiro atoms. The molecule has 5 nitrogen and oxygen atoms in total. The van der Waals surface area contributed by atoms with Crippen molar-refractivity contribution < 1.29 is 9.59 Å². The van der Waals surface area contributed by atoms with Crippen LogP contribution in [0.15, 0.2) is 11.6 Å². The first kappa shape index (κ1) is 18.9. The molecule has 5 atom stereocenters. The Morgan fingerprint density at radius 1 is 1.15 bits per heavy atom. The lowest BCUT2D eigenvalue weighted by molar-refractivity contribution is -0.142. The van der Waals surface area contributed by atoms with Crippen LogP contribution in [0.3, 0.4) is 0 Å². The van der Waals surface area contributed by atoms with Crippen molar-refractivity contribution in [2.45, 2.75) is 65.3 Å². The number of rotatable bonds is 3. The molecule has 5 rings (SSSR count). The SMILES string of the molecule is CC1=C[C@@H]2[C@@H]3C(=O)N(NC(=S)NC4CCCCC4)C(=O)[C@@H]3[C@H]1C[C@@H]2C(C)C. The summed E-state index contributed by atoms with van der Waals surface area (Å²) in [7, 11) is 0. The molecule has 0 unspecified atom stereocenters. The molecular weight excluding hydrogens is 358 g/mol. The molecule has 2 saturated carbocycles. The number of imide groups is 1. The average Bonchev–Trinajstić information content (AvgIpc) is 2.89. The van der Waals surface area contributed by atoms with Crippen LogP contribution in [0.25, 0.3) is 0 Å². The molecule has 0 radical (unpaired) electrons. The molecule has 148 valence electrons. The number of carbonyl (C=O) groups is 2. The lowest BCUT2D eigenvalue weighted by Crippen LogP contribution is -2.52. The summed E-state index contributed by atoms with van der Waals surface area (Å²) in [6.45, 7) is 6.57. The van der Waals surface area contributed by atoms with Crippen molar-refractivity contribution in [2.75, 3.05) is 0 Å². The third-order valence-corrected chi connectivity index (χ3v) is 7.53. The van der Waals surface area contributed by atoms with Gasteiger partial charge < -0.3 is 5.32 Å². The Kier molecular flexibility index (Phi) is 5.04. The molecule has 6 heteroatoms. The highest BCUT2D eigenvalue weighted by molar-refractivity contribution is 7.80. The maximum Gasteiger partial charge on any atom is 0.252 e. The zero-order valence-corrected chi connectivity index (χ0v) is 17.3. The minimum atomic E-state index is -0.225. The van der Waals surface area contributed by atoms with E-state index in [0.29, 0.717) is 23.0 Å². The van der Waals surface area contributed by atoms with E-state index in [-0.39, 0.29) is 35.5 Å². The van der Waals surface area contributed by atoms with Crippen molar-refractivity contribution in [1.82, 2.24) is 15.8 Å². The van der Waals surface area contributed by atoms with Crippen molar-refractivity contribution in [1.29, 1.82) is 0 Å². The van der Waals surface area contributed by atoms with Crippen molar-refractivity contribution in [3.8, 4) is 0 Å². The second-order valence-corrected chi connectivity index (χ2v) is 9.63. The molecule has 5 aliphatic rings. The highest BCUT2D eigenvalue weighted by Crippen LogP contribution is 2.56. The summed E-state index contributed by atoms with van der Waals surface area (Å²) >= 11 is 5.42. The van der Waals surface area contributed by atoms with Gasteiger partial charge in [0.1, 0.15) is 0 Å². The monoisotopic (exact) mass is 389 g/mol. The Hall–Kier alpha value is -1.43. The predicted octanol–water partition coefficient (Wildman–Crippen LogP) is 3.17. The summed E-state index contributed by atoms with van der Waals surface area (Å²) < 4.78 is 0. The third kappa shape index (κ3) is 3.20. The van der Waals surface area contributed by atoms with Gasteiger partial charge in [-0.1, -0.05) is 44.8 Å². The fourth-order valence-electron chi connectivity index (χ4n) is 5.92. The van der Waals surface area contributed by atoms with Crippen LogP contribution in [-0.4, -0.2) is 28.0 Å². The summed E-state index contributed by atoms with van der Waals surface area (Å²) in [6.07, 6.45) is 9.16. The molecule has 27 heavy (non-hydrogen) atoms. The maximum atomic E-state index is 13.2. The van der Waals surface area contributed by atoms with Crippen LogP contribution in [0.1, 0.15) is 59.3 Å².